The highest BCUT2D eigenvalue weighted by Gasteiger charge is 2.36. The standard InChI is InChI=1S/C29H47N5OS/c1-3-4-5-6-9-15-32-16-10-17-33(20-19-32)27(13-21-36-2)29(35)34-18-14-30-23-28(34)25-22-31-26-12-8-7-11-24(25)26/h7-8,11-12,22,27-28,30-31H,3-6,9-10,13-21,23H2,1-2H3/t27-,28?/m1/s1. The van der Waals surface area contributed by atoms with E-state index in [0.717, 1.165) is 63.4 Å². The molecule has 36 heavy (non-hydrogen) atoms. The second-order valence-corrected chi connectivity index (χ2v) is 11.5. The van der Waals surface area contributed by atoms with Crippen molar-refractivity contribution in [1.82, 2.24) is 25.0 Å². The zero-order valence-corrected chi connectivity index (χ0v) is 23.3. The second-order valence-electron chi connectivity index (χ2n) is 10.5. The molecule has 0 saturated carbocycles. The number of nitrogens with one attached hydrogen (secondary N) is 2. The highest BCUT2D eigenvalue weighted by molar-refractivity contribution is 7.98. The monoisotopic (exact) mass is 513 g/mol. The van der Waals surface area contributed by atoms with Crippen LogP contribution < -0.4 is 5.32 Å². The minimum absolute atomic E-state index is 0.0206. The van der Waals surface area contributed by atoms with Crippen molar-refractivity contribution in [3.05, 3.63) is 36.0 Å². The topological polar surface area (TPSA) is 54.6 Å². The Morgan fingerprint density at radius 2 is 1.94 bits per heavy atom. The molecule has 0 bridgehead atoms. The van der Waals surface area contributed by atoms with Crippen molar-refractivity contribution in [2.24, 2.45) is 0 Å². The van der Waals surface area contributed by atoms with Crippen LogP contribution in [0.2, 0.25) is 0 Å². The van der Waals surface area contributed by atoms with Crippen LogP contribution in [0.3, 0.4) is 0 Å². The number of amides is 1. The Bertz CT molecular complexity index is 933. The predicted octanol–water partition coefficient (Wildman–Crippen LogP) is 4.74. The van der Waals surface area contributed by atoms with E-state index in [1.165, 1.54) is 56.1 Å². The van der Waals surface area contributed by atoms with Gasteiger partial charge in [0.05, 0.1) is 12.1 Å². The molecule has 2 fully saturated rings. The van der Waals surface area contributed by atoms with Crippen molar-refractivity contribution >= 4 is 28.6 Å². The summed E-state index contributed by atoms with van der Waals surface area (Å²) in [7, 11) is 0. The zero-order chi connectivity index (χ0) is 25.2. The van der Waals surface area contributed by atoms with Crippen molar-refractivity contribution in [3.8, 4) is 0 Å². The Balaban J connectivity index is 1.44. The average molecular weight is 514 g/mol. The van der Waals surface area contributed by atoms with E-state index in [4.69, 9.17) is 0 Å². The fraction of sp³-hybridized carbons (Fsp3) is 0.690. The summed E-state index contributed by atoms with van der Waals surface area (Å²) in [6.07, 6.45) is 13.0. The number of carbonyl (C=O) groups is 1. The molecule has 0 spiro atoms. The summed E-state index contributed by atoms with van der Waals surface area (Å²) < 4.78 is 0. The quantitative estimate of drug-likeness (QED) is 0.402. The number of para-hydroxylation sites is 1. The first-order valence-electron chi connectivity index (χ1n) is 14.3. The first-order chi connectivity index (χ1) is 17.7. The van der Waals surface area contributed by atoms with Crippen LogP contribution in [0.5, 0.6) is 0 Å². The smallest absolute Gasteiger partial charge is 0.240 e. The zero-order valence-electron chi connectivity index (χ0n) is 22.5. The maximum absolute atomic E-state index is 14.2. The summed E-state index contributed by atoms with van der Waals surface area (Å²) in [6.45, 7) is 10.2. The number of thioether (sulfide) groups is 1. The molecule has 2 N–H and O–H groups in total. The molecule has 0 aliphatic carbocycles. The maximum Gasteiger partial charge on any atom is 0.240 e. The Hall–Kier alpha value is -1.54. The van der Waals surface area contributed by atoms with Gasteiger partial charge < -0.3 is 20.1 Å². The van der Waals surface area contributed by atoms with Crippen molar-refractivity contribution in [1.29, 1.82) is 0 Å². The Morgan fingerprint density at radius 1 is 1.08 bits per heavy atom. The summed E-state index contributed by atoms with van der Waals surface area (Å²) in [5, 5.41) is 4.78. The normalized spacial score (nSPS) is 21.1. The minimum Gasteiger partial charge on any atom is -0.361 e. The molecule has 200 valence electrons. The SMILES string of the molecule is CCCCCCCN1CCCN([C@H](CCSC)C(=O)N2CCNCC2c2c[nH]c3ccccc23)CC1. The molecule has 1 amide bonds. The lowest BCUT2D eigenvalue weighted by Crippen LogP contribution is -2.56. The van der Waals surface area contributed by atoms with Gasteiger partial charge in [-0.1, -0.05) is 50.8 Å². The third kappa shape index (κ3) is 7.06. The number of aromatic nitrogens is 1. The van der Waals surface area contributed by atoms with Gasteiger partial charge in [-0.15, -0.1) is 0 Å². The third-order valence-electron chi connectivity index (χ3n) is 8.03. The van der Waals surface area contributed by atoms with Gasteiger partial charge in [0.15, 0.2) is 0 Å². The highest BCUT2D eigenvalue weighted by atomic mass is 32.2. The molecule has 7 heteroatoms. The Kier molecular flexibility index (Phi) is 11.0. The van der Waals surface area contributed by atoms with E-state index in [1.807, 2.05) is 11.8 Å². The largest absolute Gasteiger partial charge is 0.361 e. The van der Waals surface area contributed by atoms with Crippen molar-refractivity contribution < 1.29 is 4.79 Å². The van der Waals surface area contributed by atoms with Crippen LogP contribution in [0, 0.1) is 0 Å². The fourth-order valence-electron chi connectivity index (χ4n) is 5.96. The molecule has 2 saturated heterocycles. The number of H-pyrrole nitrogens is 1. The second kappa shape index (κ2) is 14.4. The number of unbranched alkanes of at least 4 members (excludes halogenated alkanes) is 4. The van der Waals surface area contributed by atoms with E-state index >= 15 is 0 Å². The van der Waals surface area contributed by atoms with Gasteiger partial charge >= 0.3 is 0 Å². The molecule has 0 radical (unpaired) electrons. The predicted molar refractivity (Wildman–Crippen MR) is 154 cm³/mol. The Morgan fingerprint density at radius 3 is 2.81 bits per heavy atom. The maximum atomic E-state index is 14.2. The van der Waals surface area contributed by atoms with Crippen molar-refractivity contribution in [3.63, 3.8) is 0 Å². The fourth-order valence-corrected chi connectivity index (χ4v) is 6.42. The molecule has 2 aliphatic rings. The van der Waals surface area contributed by atoms with Crippen LogP contribution >= 0.6 is 11.8 Å². The van der Waals surface area contributed by atoms with E-state index in [1.54, 1.807) is 0 Å². The highest BCUT2D eigenvalue weighted by Crippen LogP contribution is 2.30. The number of piperazine rings is 1. The summed E-state index contributed by atoms with van der Waals surface area (Å²) in [5.41, 5.74) is 2.38. The van der Waals surface area contributed by atoms with Crippen LogP contribution in [0.4, 0.5) is 0 Å². The lowest BCUT2D eigenvalue weighted by Gasteiger charge is -2.41. The summed E-state index contributed by atoms with van der Waals surface area (Å²) in [5.74, 6) is 1.35. The Labute approximate surface area is 222 Å². The molecule has 4 rings (SSSR count). The van der Waals surface area contributed by atoms with E-state index in [0.29, 0.717) is 5.91 Å². The van der Waals surface area contributed by atoms with Gasteiger partial charge in [0.25, 0.3) is 0 Å². The van der Waals surface area contributed by atoms with E-state index < -0.39 is 0 Å². The van der Waals surface area contributed by atoms with Gasteiger partial charge in [0, 0.05) is 61.9 Å². The number of hydrogen-bond donors (Lipinski definition) is 2. The minimum atomic E-state index is -0.0206. The first-order valence-corrected chi connectivity index (χ1v) is 15.6. The lowest BCUT2D eigenvalue weighted by molar-refractivity contribution is -0.140. The molecule has 6 nitrogen and oxygen atoms in total. The van der Waals surface area contributed by atoms with Gasteiger partial charge in [0.1, 0.15) is 0 Å². The number of nitrogens with zero attached hydrogens (tertiary/aromatic N) is 3. The lowest BCUT2D eigenvalue weighted by atomic mass is 10.0. The number of aromatic amines is 1. The van der Waals surface area contributed by atoms with Crippen LogP contribution in [-0.4, -0.2) is 96.0 Å². The molecule has 2 aromatic rings. The molecule has 2 atom stereocenters. The van der Waals surface area contributed by atoms with E-state index in [9.17, 15) is 4.79 Å². The van der Waals surface area contributed by atoms with Gasteiger partial charge in [0.2, 0.25) is 5.91 Å². The summed E-state index contributed by atoms with van der Waals surface area (Å²) >= 11 is 1.86. The number of carbonyl (C=O) groups excluding carboxylic acids is 1. The summed E-state index contributed by atoms with van der Waals surface area (Å²) in [4.78, 5) is 25.0. The van der Waals surface area contributed by atoms with E-state index in [2.05, 4.69) is 68.6 Å². The average Bonchev–Trinajstić information content (AvgIpc) is 3.21. The van der Waals surface area contributed by atoms with E-state index in [-0.39, 0.29) is 12.1 Å². The number of rotatable bonds is 12. The number of benzene rings is 1. The van der Waals surface area contributed by atoms with Crippen molar-refractivity contribution in [2.45, 2.75) is 64.0 Å². The van der Waals surface area contributed by atoms with Crippen molar-refractivity contribution in [2.75, 3.05) is 64.4 Å². The number of hydrogen-bond acceptors (Lipinski definition) is 5. The summed E-state index contributed by atoms with van der Waals surface area (Å²) in [6, 6.07) is 8.51. The molecule has 2 aliphatic heterocycles. The molecular weight excluding hydrogens is 466 g/mol. The third-order valence-corrected chi connectivity index (χ3v) is 8.67. The van der Waals surface area contributed by atoms with Gasteiger partial charge in [-0.25, -0.2) is 0 Å². The molecule has 1 unspecified atom stereocenters. The molecule has 1 aromatic heterocycles. The molecule has 3 heterocycles. The van der Waals surface area contributed by atoms with Crippen LogP contribution in [0.15, 0.2) is 30.5 Å². The van der Waals surface area contributed by atoms with Crippen LogP contribution in [0.1, 0.15) is 63.5 Å². The van der Waals surface area contributed by atoms with Crippen LogP contribution in [-0.2, 0) is 4.79 Å². The molecular formula is C29H47N5OS. The number of fused-ring (bicyclic) bond motifs is 1. The van der Waals surface area contributed by atoms with Gasteiger partial charge in [-0.3, -0.25) is 9.69 Å². The van der Waals surface area contributed by atoms with Gasteiger partial charge in [-0.2, -0.15) is 11.8 Å². The van der Waals surface area contributed by atoms with Gasteiger partial charge in [-0.05, 0) is 50.4 Å². The first kappa shape index (κ1) is 27.5. The van der Waals surface area contributed by atoms with Crippen LogP contribution in [0.25, 0.3) is 10.9 Å². The molecule has 1 aromatic carbocycles.